The van der Waals surface area contributed by atoms with Gasteiger partial charge in [0.25, 0.3) is 0 Å². The lowest BCUT2D eigenvalue weighted by atomic mass is 9.85. The average Bonchev–Trinajstić information content (AvgIpc) is 3.20. The number of rotatable bonds is 7. The maximum Gasteiger partial charge on any atom is 0.244 e. The van der Waals surface area contributed by atoms with E-state index in [1.165, 1.54) is 16.4 Å². The Morgan fingerprint density at radius 1 is 0.939 bits per heavy atom. The van der Waals surface area contributed by atoms with E-state index in [4.69, 9.17) is 5.14 Å². The number of hydrogen-bond donors (Lipinski definition) is 2. The van der Waals surface area contributed by atoms with Crippen molar-refractivity contribution in [1.29, 1.82) is 0 Å². The molecule has 10 heteroatoms. The predicted molar refractivity (Wildman–Crippen MR) is 124 cm³/mol. The van der Waals surface area contributed by atoms with Crippen molar-refractivity contribution in [1.82, 2.24) is 9.62 Å². The number of nitrogens with two attached hydrogens (primary N) is 1. The van der Waals surface area contributed by atoms with Crippen molar-refractivity contribution in [2.75, 3.05) is 6.54 Å². The fourth-order valence-electron chi connectivity index (χ4n) is 5.00. The minimum atomic E-state index is -3.80. The van der Waals surface area contributed by atoms with Gasteiger partial charge in [0.2, 0.25) is 26.0 Å². The van der Waals surface area contributed by atoms with Gasteiger partial charge in [0.1, 0.15) is 6.04 Å². The minimum Gasteiger partial charge on any atom is -0.354 e. The van der Waals surface area contributed by atoms with Gasteiger partial charge >= 0.3 is 0 Å². The highest BCUT2D eigenvalue weighted by Gasteiger charge is 2.50. The van der Waals surface area contributed by atoms with Gasteiger partial charge in [-0.25, -0.2) is 22.0 Å². The maximum atomic E-state index is 13.5. The summed E-state index contributed by atoms with van der Waals surface area (Å²) in [5, 5.41) is 8.01. The van der Waals surface area contributed by atoms with Crippen LogP contribution in [0.2, 0.25) is 0 Å². The molecule has 1 aliphatic heterocycles. The highest BCUT2D eigenvalue weighted by Crippen LogP contribution is 2.42. The van der Waals surface area contributed by atoms with Crippen LogP contribution in [0, 0.1) is 5.92 Å². The van der Waals surface area contributed by atoms with Gasteiger partial charge < -0.3 is 5.32 Å². The second-order valence-corrected chi connectivity index (χ2v) is 12.1. The van der Waals surface area contributed by atoms with Crippen LogP contribution in [-0.2, 0) is 31.3 Å². The van der Waals surface area contributed by atoms with Gasteiger partial charge in [-0.2, -0.15) is 4.31 Å². The van der Waals surface area contributed by atoms with Crippen LogP contribution in [0.25, 0.3) is 0 Å². The fraction of sp³-hybridized carbons (Fsp3) is 0.435. The second kappa shape index (κ2) is 9.54. The quantitative estimate of drug-likeness (QED) is 0.613. The number of primary sulfonamides is 1. The molecule has 1 saturated carbocycles. The van der Waals surface area contributed by atoms with Crippen LogP contribution in [0.5, 0.6) is 0 Å². The molecular weight excluding hydrogens is 462 g/mol. The molecule has 0 aromatic heterocycles. The van der Waals surface area contributed by atoms with Crippen molar-refractivity contribution < 1.29 is 21.6 Å². The summed E-state index contributed by atoms with van der Waals surface area (Å²) in [5.74, 6) is -0.0937. The van der Waals surface area contributed by atoms with Crippen LogP contribution in [0.15, 0.2) is 64.4 Å². The summed E-state index contributed by atoms with van der Waals surface area (Å²) in [5.41, 5.74) is 0.844. The molecule has 2 aromatic rings. The first-order chi connectivity index (χ1) is 15.7. The van der Waals surface area contributed by atoms with Gasteiger partial charge in [-0.05, 0) is 61.4 Å². The van der Waals surface area contributed by atoms with Gasteiger partial charge in [0.05, 0.1) is 9.79 Å². The average molecular weight is 492 g/mol. The van der Waals surface area contributed by atoms with Crippen LogP contribution in [0.4, 0.5) is 0 Å². The van der Waals surface area contributed by atoms with E-state index in [-0.39, 0.29) is 27.7 Å². The van der Waals surface area contributed by atoms with Gasteiger partial charge in [-0.15, -0.1) is 0 Å². The van der Waals surface area contributed by atoms with Crippen LogP contribution in [-0.4, -0.2) is 45.7 Å². The Balaban J connectivity index is 1.47. The SMILES string of the molecule is NS(=O)(=O)c1ccc(CCNC(=O)[C@@H]2C[C@H]3CCCC[C@@H]3N2S(=O)(=O)c2ccccc2)cc1. The first-order valence-electron chi connectivity index (χ1n) is 11.2. The zero-order chi connectivity index (χ0) is 23.6. The molecule has 8 nitrogen and oxygen atoms in total. The van der Waals surface area contributed by atoms with E-state index in [1.807, 2.05) is 0 Å². The largest absolute Gasteiger partial charge is 0.354 e. The van der Waals surface area contributed by atoms with Crippen LogP contribution in [0.1, 0.15) is 37.7 Å². The molecule has 0 spiro atoms. The zero-order valence-corrected chi connectivity index (χ0v) is 19.9. The third-order valence-corrected chi connectivity index (χ3v) is 9.49. The Bertz CT molecular complexity index is 1200. The number of nitrogens with zero attached hydrogens (tertiary/aromatic N) is 1. The highest BCUT2D eigenvalue weighted by molar-refractivity contribution is 7.89. The maximum absolute atomic E-state index is 13.5. The summed E-state index contributed by atoms with van der Waals surface area (Å²) >= 11 is 0. The molecule has 1 saturated heterocycles. The Kier molecular flexibility index (Phi) is 6.90. The number of sulfonamides is 2. The van der Waals surface area contributed by atoms with E-state index in [9.17, 15) is 21.6 Å². The molecule has 4 rings (SSSR count). The van der Waals surface area contributed by atoms with Crippen molar-refractivity contribution in [3.8, 4) is 0 Å². The van der Waals surface area contributed by atoms with Crippen LogP contribution < -0.4 is 10.5 Å². The Morgan fingerprint density at radius 3 is 2.27 bits per heavy atom. The summed E-state index contributed by atoms with van der Waals surface area (Å²) in [7, 11) is -7.55. The molecule has 0 bridgehead atoms. The third-order valence-electron chi connectivity index (χ3n) is 6.62. The van der Waals surface area contributed by atoms with Crippen molar-refractivity contribution in [2.24, 2.45) is 11.1 Å². The molecule has 3 N–H and O–H groups in total. The molecule has 1 heterocycles. The molecule has 2 aromatic carbocycles. The van der Waals surface area contributed by atoms with Gasteiger partial charge in [0.15, 0.2) is 0 Å². The van der Waals surface area contributed by atoms with Crippen molar-refractivity contribution in [3.05, 3.63) is 60.2 Å². The summed E-state index contributed by atoms with van der Waals surface area (Å²) < 4.78 is 51.2. The third kappa shape index (κ3) is 5.13. The zero-order valence-electron chi connectivity index (χ0n) is 18.3. The van der Waals surface area contributed by atoms with E-state index >= 15 is 0 Å². The second-order valence-electron chi connectivity index (χ2n) is 8.74. The molecule has 0 unspecified atom stereocenters. The monoisotopic (exact) mass is 491 g/mol. The molecule has 178 valence electrons. The number of nitrogens with one attached hydrogen (secondary N) is 1. The van der Waals surface area contributed by atoms with Crippen LogP contribution >= 0.6 is 0 Å². The molecule has 2 aliphatic rings. The van der Waals surface area contributed by atoms with E-state index in [0.29, 0.717) is 19.4 Å². The first kappa shape index (κ1) is 23.9. The Labute approximate surface area is 195 Å². The van der Waals surface area contributed by atoms with E-state index in [1.54, 1.807) is 42.5 Å². The van der Waals surface area contributed by atoms with Gasteiger partial charge in [-0.1, -0.05) is 43.2 Å². The van der Waals surface area contributed by atoms with Crippen molar-refractivity contribution in [3.63, 3.8) is 0 Å². The number of fused-ring (bicyclic) bond motifs is 1. The van der Waals surface area contributed by atoms with Crippen molar-refractivity contribution in [2.45, 2.75) is 60.4 Å². The highest BCUT2D eigenvalue weighted by atomic mass is 32.2. The summed E-state index contributed by atoms with van der Waals surface area (Å²) in [4.78, 5) is 13.4. The van der Waals surface area contributed by atoms with Gasteiger partial charge in [0, 0.05) is 12.6 Å². The number of carbonyl (C=O) groups is 1. The Morgan fingerprint density at radius 2 is 1.61 bits per heavy atom. The standard InChI is InChI=1S/C23H29N3O5S2/c24-32(28,29)19-12-10-17(11-13-19)14-15-25-23(27)22-16-18-6-4-5-9-21(18)26(22)33(30,31)20-7-2-1-3-8-20/h1-3,7-8,10-13,18,21-22H,4-6,9,14-16H2,(H,25,27)(H2,24,28,29)/t18-,21+,22+/m1/s1. The normalized spacial score (nSPS) is 23.7. The summed E-state index contributed by atoms with van der Waals surface area (Å²) in [6.45, 7) is 0.318. The van der Waals surface area contributed by atoms with Crippen molar-refractivity contribution >= 4 is 26.0 Å². The molecule has 0 radical (unpaired) electrons. The summed E-state index contributed by atoms with van der Waals surface area (Å²) in [6.07, 6.45) is 4.75. The lowest BCUT2D eigenvalue weighted by Gasteiger charge is -2.32. The lowest BCUT2D eigenvalue weighted by Crippen LogP contribution is -2.49. The smallest absolute Gasteiger partial charge is 0.244 e. The molecule has 1 amide bonds. The molecule has 2 fully saturated rings. The molecule has 1 aliphatic carbocycles. The lowest BCUT2D eigenvalue weighted by molar-refractivity contribution is -0.124. The predicted octanol–water partition coefficient (Wildman–Crippen LogP) is 2.01. The van der Waals surface area contributed by atoms with E-state index in [2.05, 4.69) is 5.32 Å². The first-order valence-corrected chi connectivity index (χ1v) is 14.1. The van der Waals surface area contributed by atoms with E-state index < -0.39 is 26.1 Å². The molecule has 33 heavy (non-hydrogen) atoms. The number of hydrogen-bond acceptors (Lipinski definition) is 5. The van der Waals surface area contributed by atoms with Crippen LogP contribution in [0.3, 0.4) is 0 Å². The number of carbonyl (C=O) groups excluding carboxylic acids is 1. The minimum absolute atomic E-state index is 0.0330. The summed E-state index contributed by atoms with van der Waals surface area (Å²) in [6, 6.07) is 13.6. The number of benzene rings is 2. The Hall–Kier alpha value is -2.27. The van der Waals surface area contributed by atoms with E-state index in [0.717, 1.165) is 31.2 Å². The molecule has 3 atom stereocenters. The number of amides is 1. The topological polar surface area (TPSA) is 127 Å². The fourth-order valence-corrected chi connectivity index (χ4v) is 7.41. The van der Waals surface area contributed by atoms with Gasteiger partial charge in [-0.3, -0.25) is 4.79 Å². The molecular formula is C23H29N3O5S2.